The van der Waals surface area contributed by atoms with Crippen molar-refractivity contribution in [1.29, 1.82) is 0 Å². The number of aliphatic hydroxyl groups excluding tert-OH is 1. The minimum absolute atomic E-state index is 0.156. The van der Waals surface area contributed by atoms with Crippen LogP contribution in [0.15, 0.2) is 12.2 Å². The van der Waals surface area contributed by atoms with Crippen LogP contribution in [0.25, 0.3) is 0 Å². The summed E-state index contributed by atoms with van der Waals surface area (Å²) in [6, 6.07) is 0. The monoisotopic (exact) mass is 286 g/mol. The van der Waals surface area contributed by atoms with Gasteiger partial charge in [0.25, 0.3) is 0 Å². The van der Waals surface area contributed by atoms with Crippen LogP contribution in [0.1, 0.15) is 55.4 Å². The Kier molecular flexibility index (Phi) is 8.17. The van der Waals surface area contributed by atoms with Gasteiger partial charge in [-0.25, -0.2) is 0 Å². The molecule has 0 spiro atoms. The van der Waals surface area contributed by atoms with Gasteiger partial charge >= 0.3 is 0 Å². The summed E-state index contributed by atoms with van der Waals surface area (Å²) in [6.45, 7) is 18.1. The largest absolute Gasteiger partial charge is 0.413 e. The van der Waals surface area contributed by atoms with Crippen LogP contribution in [-0.2, 0) is 4.43 Å². The van der Waals surface area contributed by atoms with E-state index in [0.717, 1.165) is 0 Å². The number of allylic oxidation sites excluding steroid dienone is 1. The molecule has 0 saturated carbocycles. The fourth-order valence-electron chi connectivity index (χ4n) is 3.31. The van der Waals surface area contributed by atoms with Crippen molar-refractivity contribution in [2.45, 2.75) is 78.1 Å². The van der Waals surface area contributed by atoms with Crippen LogP contribution in [-0.4, -0.2) is 26.1 Å². The van der Waals surface area contributed by atoms with E-state index >= 15 is 0 Å². The van der Waals surface area contributed by atoms with E-state index in [0.29, 0.717) is 23.2 Å². The summed E-state index contributed by atoms with van der Waals surface area (Å²) in [6.07, 6.45) is 3.63. The Labute approximate surface area is 121 Å². The molecule has 0 heterocycles. The Morgan fingerprint density at radius 2 is 1.37 bits per heavy atom. The number of hydrogen-bond donors (Lipinski definition) is 1. The molecule has 0 aromatic rings. The molecule has 0 bridgehead atoms. The smallest absolute Gasteiger partial charge is 0.200 e. The number of aliphatic hydroxyl groups is 1. The van der Waals surface area contributed by atoms with Crippen LogP contribution in [0.2, 0.25) is 16.6 Å². The van der Waals surface area contributed by atoms with E-state index in [2.05, 4.69) is 41.5 Å². The van der Waals surface area contributed by atoms with Crippen LogP contribution in [0, 0.1) is 5.92 Å². The first-order valence-corrected chi connectivity index (χ1v) is 9.78. The zero-order valence-electron chi connectivity index (χ0n) is 14.1. The quantitative estimate of drug-likeness (QED) is 0.515. The summed E-state index contributed by atoms with van der Waals surface area (Å²) in [7, 11) is -1.84. The average Bonchev–Trinajstić information content (AvgIpc) is 2.28. The molecule has 0 rings (SSSR count). The number of rotatable bonds is 8. The minimum Gasteiger partial charge on any atom is -0.413 e. The van der Waals surface area contributed by atoms with Crippen LogP contribution in [0.5, 0.6) is 0 Å². The van der Waals surface area contributed by atoms with Gasteiger partial charge in [-0.15, -0.1) is 0 Å². The molecule has 3 heteroatoms. The summed E-state index contributed by atoms with van der Waals surface area (Å²) in [5.74, 6) is 0.156. The molecule has 0 aliphatic carbocycles. The summed E-state index contributed by atoms with van der Waals surface area (Å²) in [5, 5.41) is 10.2. The van der Waals surface area contributed by atoms with Crippen molar-refractivity contribution in [2.24, 2.45) is 5.92 Å². The summed E-state index contributed by atoms with van der Waals surface area (Å²) >= 11 is 0. The average molecular weight is 287 g/mol. The van der Waals surface area contributed by atoms with Crippen molar-refractivity contribution in [3.63, 3.8) is 0 Å². The van der Waals surface area contributed by atoms with Gasteiger partial charge in [0.1, 0.15) is 0 Å². The van der Waals surface area contributed by atoms with E-state index in [-0.39, 0.29) is 5.92 Å². The highest BCUT2D eigenvalue weighted by atomic mass is 28.4. The van der Waals surface area contributed by atoms with Crippen molar-refractivity contribution in [3.8, 4) is 0 Å². The van der Waals surface area contributed by atoms with Gasteiger partial charge in [-0.1, -0.05) is 60.6 Å². The standard InChI is InChI=1S/C16H34O2Si/c1-9-10-15(8)16(17)11-18-19(12(2)3,13(4)5)14(6)7/h9-10,12-17H,11H2,1-8H3/b10-9-/t15-,16+/m0/s1. The highest BCUT2D eigenvalue weighted by Gasteiger charge is 2.45. The van der Waals surface area contributed by atoms with E-state index in [1.165, 1.54) is 0 Å². The Hall–Kier alpha value is -0.123. The Bertz CT molecular complexity index is 250. The fraction of sp³-hybridized carbons (Fsp3) is 0.875. The van der Waals surface area contributed by atoms with Gasteiger partial charge in [0, 0.05) is 5.92 Å². The maximum absolute atomic E-state index is 10.2. The van der Waals surface area contributed by atoms with Gasteiger partial charge in [0.05, 0.1) is 12.7 Å². The topological polar surface area (TPSA) is 29.5 Å². The summed E-state index contributed by atoms with van der Waals surface area (Å²) in [4.78, 5) is 0. The highest BCUT2D eigenvalue weighted by Crippen LogP contribution is 2.42. The van der Waals surface area contributed by atoms with E-state index in [9.17, 15) is 5.11 Å². The lowest BCUT2D eigenvalue weighted by Crippen LogP contribution is -2.49. The van der Waals surface area contributed by atoms with E-state index in [1.807, 2.05) is 26.0 Å². The van der Waals surface area contributed by atoms with E-state index in [1.54, 1.807) is 0 Å². The molecular formula is C16H34O2Si. The van der Waals surface area contributed by atoms with Crippen LogP contribution in [0.4, 0.5) is 0 Å². The Morgan fingerprint density at radius 1 is 0.947 bits per heavy atom. The second-order valence-corrected chi connectivity index (χ2v) is 12.0. The lowest BCUT2D eigenvalue weighted by Gasteiger charge is -2.42. The molecule has 0 unspecified atom stereocenters. The second-order valence-electron chi connectivity index (χ2n) is 6.58. The molecule has 19 heavy (non-hydrogen) atoms. The van der Waals surface area contributed by atoms with Gasteiger partial charge in [0.2, 0.25) is 0 Å². The second kappa shape index (κ2) is 8.23. The molecule has 1 N–H and O–H groups in total. The third kappa shape index (κ3) is 4.73. The third-order valence-corrected chi connectivity index (χ3v) is 10.4. The molecule has 2 atom stereocenters. The Balaban J connectivity index is 4.86. The summed E-state index contributed by atoms with van der Waals surface area (Å²) < 4.78 is 6.40. The van der Waals surface area contributed by atoms with Crippen molar-refractivity contribution >= 4 is 8.32 Å². The fourth-order valence-corrected chi connectivity index (χ4v) is 8.77. The SMILES string of the molecule is C/C=C\[C@H](C)[C@H](O)CO[Si](C(C)C)(C(C)C)C(C)C. The van der Waals surface area contributed by atoms with E-state index in [4.69, 9.17) is 4.43 Å². The van der Waals surface area contributed by atoms with Gasteiger partial charge in [-0.3, -0.25) is 0 Å². The van der Waals surface area contributed by atoms with Gasteiger partial charge < -0.3 is 9.53 Å². The molecule has 0 aromatic carbocycles. The molecule has 2 nitrogen and oxygen atoms in total. The van der Waals surface area contributed by atoms with Crippen LogP contribution in [0.3, 0.4) is 0 Å². The molecule has 0 aliphatic rings. The van der Waals surface area contributed by atoms with Crippen molar-refractivity contribution < 1.29 is 9.53 Å². The first-order valence-electron chi connectivity index (χ1n) is 7.64. The molecule has 114 valence electrons. The lowest BCUT2D eigenvalue weighted by atomic mass is 10.1. The normalized spacial score (nSPS) is 16.8. The highest BCUT2D eigenvalue weighted by molar-refractivity contribution is 6.77. The maximum atomic E-state index is 10.2. The molecule has 0 aromatic heterocycles. The molecule has 0 amide bonds. The first-order chi connectivity index (χ1) is 8.70. The molecular weight excluding hydrogens is 252 g/mol. The predicted octanol–water partition coefficient (Wildman–Crippen LogP) is 4.75. The lowest BCUT2D eigenvalue weighted by molar-refractivity contribution is 0.0710. The van der Waals surface area contributed by atoms with Crippen molar-refractivity contribution in [3.05, 3.63) is 12.2 Å². The maximum Gasteiger partial charge on any atom is 0.200 e. The van der Waals surface area contributed by atoms with Gasteiger partial charge in [-0.2, -0.15) is 0 Å². The molecule has 0 aliphatic heterocycles. The molecule has 0 fully saturated rings. The first kappa shape index (κ1) is 18.9. The summed E-state index contributed by atoms with van der Waals surface area (Å²) in [5.41, 5.74) is 1.70. The van der Waals surface area contributed by atoms with Gasteiger partial charge in [-0.05, 0) is 23.5 Å². The molecule has 0 saturated heterocycles. The zero-order chi connectivity index (χ0) is 15.2. The van der Waals surface area contributed by atoms with E-state index < -0.39 is 14.4 Å². The minimum atomic E-state index is -1.84. The third-order valence-electron chi connectivity index (χ3n) is 4.31. The molecule has 0 radical (unpaired) electrons. The van der Waals surface area contributed by atoms with Crippen LogP contribution < -0.4 is 0 Å². The number of hydrogen-bond acceptors (Lipinski definition) is 2. The zero-order valence-corrected chi connectivity index (χ0v) is 15.1. The predicted molar refractivity (Wildman–Crippen MR) is 87.0 cm³/mol. The van der Waals surface area contributed by atoms with Crippen LogP contribution >= 0.6 is 0 Å². The van der Waals surface area contributed by atoms with Crippen molar-refractivity contribution in [1.82, 2.24) is 0 Å². The van der Waals surface area contributed by atoms with Gasteiger partial charge in [0.15, 0.2) is 8.32 Å². The van der Waals surface area contributed by atoms with Crippen molar-refractivity contribution in [2.75, 3.05) is 6.61 Å². The Morgan fingerprint density at radius 3 is 1.68 bits per heavy atom.